The third kappa shape index (κ3) is 3.06. The van der Waals surface area contributed by atoms with E-state index in [1.54, 1.807) is 12.1 Å². The van der Waals surface area contributed by atoms with Crippen LogP contribution in [0.2, 0.25) is 0 Å². The summed E-state index contributed by atoms with van der Waals surface area (Å²) >= 11 is 0. The van der Waals surface area contributed by atoms with Crippen molar-refractivity contribution in [2.45, 2.75) is 4.90 Å². The zero-order valence-electron chi connectivity index (χ0n) is 11.6. The van der Waals surface area contributed by atoms with Crippen molar-refractivity contribution in [3.05, 3.63) is 78.9 Å². The molecule has 2 nitrogen and oxygen atoms in total. The van der Waals surface area contributed by atoms with E-state index >= 15 is 0 Å². The van der Waals surface area contributed by atoms with E-state index < -0.39 is 9.05 Å². The molecule has 0 radical (unpaired) electrons. The average molecular weight is 329 g/mol. The standard InChI is InChI=1S/C18H13ClO2S/c19-22(20,21)16-11-12-17(14-7-3-1-4-8-14)18(13-16)15-9-5-2-6-10-15/h1-13H. The summed E-state index contributed by atoms with van der Waals surface area (Å²) in [6.45, 7) is 0. The van der Waals surface area contributed by atoms with E-state index in [0.29, 0.717) is 0 Å². The molecule has 3 rings (SSSR count). The Labute approximate surface area is 134 Å². The predicted molar refractivity (Wildman–Crippen MR) is 90.4 cm³/mol. The SMILES string of the molecule is O=S(=O)(Cl)c1ccc(-c2ccccc2)c(-c2ccccc2)c1. The summed E-state index contributed by atoms with van der Waals surface area (Å²) in [4.78, 5) is 0.104. The lowest BCUT2D eigenvalue weighted by atomic mass is 9.95. The minimum atomic E-state index is -3.76. The molecule has 22 heavy (non-hydrogen) atoms. The molecular formula is C18H13ClO2S. The maximum Gasteiger partial charge on any atom is 0.261 e. The van der Waals surface area contributed by atoms with E-state index in [9.17, 15) is 8.42 Å². The van der Waals surface area contributed by atoms with Crippen molar-refractivity contribution >= 4 is 19.7 Å². The van der Waals surface area contributed by atoms with Crippen LogP contribution in [0, 0.1) is 0 Å². The lowest BCUT2D eigenvalue weighted by Gasteiger charge is -2.11. The van der Waals surface area contributed by atoms with Gasteiger partial charge in [-0.2, -0.15) is 0 Å². The molecule has 0 unspecified atom stereocenters. The molecule has 3 aromatic rings. The van der Waals surface area contributed by atoms with Crippen molar-refractivity contribution in [1.82, 2.24) is 0 Å². The van der Waals surface area contributed by atoms with Crippen molar-refractivity contribution in [3.63, 3.8) is 0 Å². The summed E-state index contributed by atoms with van der Waals surface area (Å²) < 4.78 is 23.3. The highest BCUT2D eigenvalue weighted by Crippen LogP contribution is 2.34. The molecule has 110 valence electrons. The maximum absolute atomic E-state index is 11.6. The predicted octanol–water partition coefficient (Wildman–Crippen LogP) is 4.95. The summed E-state index contributed by atoms with van der Waals surface area (Å²) in [7, 11) is 1.73. The molecule has 0 bridgehead atoms. The van der Waals surface area contributed by atoms with Crippen LogP contribution in [0.4, 0.5) is 0 Å². The summed E-state index contributed by atoms with van der Waals surface area (Å²) in [6, 6.07) is 24.5. The number of hydrogen-bond donors (Lipinski definition) is 0. The lowest BCUT2D eigenvalue weighted by Crippen LogP contribution is -1.93. The average Bonchev–Trinajstić information content (AvgIpc) is 2.55. The first-order valence-corrected chi connectivity index (χ1v) is 9.06. The molecule has 0 N–H and O–H groups in total. The molecule has 0 aromatic heterocycles. The van der Waals surface area contributed by atoms with Crippen LogP contribution in [0.3, 0.4) is 0 Å². The molecule has 0 heterocycles. The largest absolute Gasteiger partial charge is 0.261 e. The fourth-order valence-corrected chi connectivity index (χ4v) is 3.18. The Morgan fingerprint density at radius 3 is 1.64 bits per heavy atom. The van der Waals surface area contributed by atoms with Gasteiger partial charge in [0.05, 0.1) is 4.90 Å². The number of rotatable bonds is 3. The van der Waals surface area contributed by atoms with Gasteiger partial charge in [-0.05, 0) is 34.4 Å². The highest BCUT2D eigenvalue weighted by Gasteiger charge is 2.14. The Hall–Kier alpha value is -2.10. The van der Waals surface area contributed by atoms with E-state index in [0.717, 1.165) is 22.3 Å². The van der Waals surface area contributed by atoms with Crippen LogP contribution in [0.5, 0.6) is 0 Å². The van der Waals surface area contributed by atoms with Gasteiger partial charge in [-0.25, -0.2) is 8.42 Å². The Morgan fingerprint density at radius 1 is 0.636 bits per heavy atom. The molecule has 0 spiro atoms. The fraction of sp³-hybridized carbons (Fsp3) is 0. The molecule has 3 aromatic carbocycles. The van der Waals surface area contributed by atoms with Gasteiger partial charge >= 0.3 is 0 Å². The molecule has 0 aliphatic carbocycles. The minimum absolute atomic E-state index is 0.104. The molecule has 0 aliphatic heterocycles. The van der Waals surface area contributed by atoms with Gasteiger partial charge in [0.1, 0.15) is 0 Å². The second-order valence-corrected chi connectivity index (χ2v) is 7.44. The van der Waals surface area contributed by atoms with Crippen molar-refractivity contribution in [1.29, 1.82) is 0 Å². The van der Waals surface area contributed by atoms with Gasteiger partial charge in [0, 0.05) is 10.7 Å². The quantitative estimate of drug-likeness (QED) is 0.638. The van der Waals surface area contributed by atoms with Crippen molar-refractivity contribution in [3.8, 4) is 22.3 Å². The van der Waals surface area contributed by atoms with Gasteiger partial charge in [-0.15, -0.1) is 0 Å². The van der Waals surface area contributed by atoms with E-state index in [4.69, 9.17) is 10.7 Å². The Kier molecular flexibility index (Phi) is 4.01. The van der Waals surface area contributed by atoms with Crippen LogP contribution in [-0.2, 0) is 9.05 Å². The third-order valence-electron chi connectivity index (χ3n) is 3.44. The summed E-state index contributed by atoms with van der Waals surface area (Å²) in [6.07, 6.45) is 0. The molecule has 0 saturated heterocycles. The summed E-state index contributed by atoms with van der Waals surface area (Å²) in [5, 5.41) is 0. The molecule has 0 atom stereocenters. The molecular weight excluding hydrogens is 316 g/mol. The summed E-state index contributed by atoms with van der Waals surface area (Å²) in [5.41, 5.74) is 3.78. The molecule has 0 saturated carbocycles. The number of halogens is 1. The van der Waals surface area contributed by atoms with E-state index in [1.165, 1.54) is 6.07 Å². The smallest absolute Gasteiger partial charge is 0.207 e. The minimum Gasteiger partial charge on any atom is -0.207 e. The van der Waals surface area contributed by atoms with Crippen LogP contribution in [0.15, 0.2) is 83.8 Å². The van der Waals surface area contributed by atoms with Crippen LogP contribution in [0.1, 0.15) is 0 Å². The number of benzene rings is 3. The highest BCUT2D eigenvalue weighted by molar-refractivity contribution is 8.13. The van der Waals surface area contributed by atoms with Gasteiger partial charge in [0.15, 0.2) is 0 Å². The Bertz CT molecular complexity index is 889. The van der Waals surface area contributed by atoms with Crippen LogP contribution < -0.4 is 0 Å². The molecule has 0 aliphatic rings. The fourth-order valence-electron chi connectivity index (χ4n) is 2.40. The topological polar surface area (TPSA) is 34.1 Å². The second-order valence-electron chi connectivity index (χ2n) is 4.88. The monoisotopic (exact) mass is 328 g/mol. The second kappa shape index (κ2) is 5.95. The Balaban J connectivity index is 2.27. The Morgan fingerprint density at radius 2 is 1.14 bits per heavy atom. The summed E-state index contributed by atoms with van der Waals surface area (Å²) in [5.74, 6) is 0. The van der Waals surface area contributed by atoms with Crippen molar-refractivity contribution < 1.29 is 8.42 Å². The maximum atomic E-state index is 11.6. The van der Waals surface area contributed by atoms with Gasteiger partial charge < -0.3 is 0 Å². The first-order valence-electron chi connectivity index (χ1n) is 6.75. The van der Waals surface area contributed by atoms with Crippen molar-refractivity contribution in [2.24, 2.45) is 0 Å². The van der Waals surface area contributed by atoms with Crippen LogP contribution in [-0.4, -0.2) is 8.42 Å². The van der Waals surface area contributed by atoms with Gasteiger partial charge in [0.25, 0.3) is 9.05 Å². The normalized spacial score (nSPS) is 11.3. The zero-order valence-corrected chi connectivity index (χ0v) is 13.2. The first kappa shape index (κ1) is 14.8. The highest BCUT2D eigenvalue weighted by atomic mass is 35.7. The van der Waals surface area contributed by atoms with E-state index in [2.05, 4.69) is 0 Å². The van der Waals surface area contributed by atoms with E-state index in [-0.39, 0.29) is 4.90 Å². The van der Waals surface area contributed by atoms with Gasteiger partial charge in [-0.3, -0.25) is 0 Å². The number of hydrogen-bond acceptors (Lipinski definition) is 2. The molecule has 0 fully saturated rings. The van der Waals surface area contributed by atoms with E-state index in [1.807, 2.05) is 60.7 Å². The first-order chi connectivity index (χ1) is 10.6. The van der Waals surface area contributed by atoms with Crippen LogP contribution in [0.25, 0.3) is 22.3 Å². The third-order valence-corrected chi connectivity index (χ3v) is 4.79. The zero-order chi connectivity index (χ0) is 15.6. The molecule has 4 heteroatoms. The van der Waals surface area contributed by atoms with Gasteiger partial charge in [0.2, 0.25) is 0 Å². The van der Waals surface area contributed by atoms with Crippen molar-refractivity contribution in [2.75, 3.05) is 0 Å². The lowest BCUT2D eigenvalue weighted by molar-refractivity contribution is 0.609. The van der Waals surface area contributed by atoms with Crippen LogP contribution >= 0.6 is 10.7 Å². The molecule has 0 amide bonds. The van der Waals surface area contributed by atoms with Gasteiger partial charge in [-0.1, -0.05) is 66.7 Å².